The molecule has 0 N–H and O–H groups in total. The lowest BCUT2D eigenvalue weighted by Crippen LogP contribution is -1.85. The van der Waals surface area contributed by atoms with Crippen LogP contribution in [0.25, 0.3) is 11.3 Å². The van der Waals surface area contributed by atoms with Crippen LogP contribution in [0.1, 0.15) is 0 Å². The lowest BCUT2D eigenvalue weighted by Gasteiger charge is -1.99. The van der Waals surface area contributed by atoms with Crippen LogP contribution >= 0.6 is 23.5 Å². The van der Waals surface area contributed by atoms with E-state index in [0.29, 0.717) is 22.5 Å². The number of thioether (sulfide) groups is 1. The SMILES string of the molecule is FC(F)Sc1nsnc1-c1ccccc1. The largest absolute Gasteiger partial charge is 0.290 e. The predicted octanol–water partition coefficient (Wildman–Crippen LogP) is 3.52. The molecule has 1 aromatic heterocycles. The number of benzene rings is 1. The van der Waals surface area contributed by atoms with E-state index in [-0.39, 0.29) is 0 Å². The molecule has 0 aliphatic carbocycles. The molecule has 0 aliphatic heterocycles. The summed E-state index contributed by atoms with van der Waals surface area (Å²) >= 11 is 1.38. The monoisotopic (exact) mass is 244 g/mol. The molecule has 2 rings (SSSR count). The molecule has 0 saturated carbocycles. The molecule has 6 heteroatoms. The first-order valence-corrected chi connectivity index (χ1v) is 5.71. The number of hydrogen-bond donors (Lipinski definition) is 0. The van der Waals surface area contributed by atoms with Crippen LogP contribution in [0.2, 0.25) is 0 Å². The van der Waals surface area contributed by atoms with E-state index in [4.69, 9.17) is 0 Å². The van der Waals surface area contributed by atoms with Gasteiger partial charge in [-0.15, -0.1) is 0 Å². The standard InChI is InChI=1S/C9H6F2N2S2/c10-9(11)14-8-7(12-15-13-8)6-4-2-1-3-5-6/h1-5,9H. The lowest BCUT2D eigenvalue weighted by atomic mass is 10.2. The number of halogens is 2. The average Bonchev–Trinajstić information content (AvgIpc) is 2.66. The molecule has 0 unspecified atom stereocenters. The van der Waals surface area contributed by atoms with E-state index in [9.17, 15) is 8.78 Å². The normalized spacial score (nSPS) is 10.9. The molecule has 0 aliphatic rings. The Morgan fingerprint density at radius 1 is 1.13 bits per heavy atom. The van der Waals surface area contributed by atoms with Crippen LogP contribution in [0.5, 0.6) is 0 Å². The second-order valence-corrected chi connectivity index (χ2v) is 4.17. The Kier molecular flexibility index (Phi) is 3.27. The molecule has 0 radical (unpaired) electrons. The third-order valence-corrected chi connectivity index (χ3v) is 3.04. The zero-order chi connectivity index (χ0) is 10.7. The van der Waals surface area contributed by atoms with Gasteiger partial charge in [0.2, 0.25) is 0 Å². The lowest BCUT2D eigenvalue weighted by molar-refractivity contribution is 0.252. The minimum absolute atomic E-state index is 0.293. The maximum atomic E-state index is 12.2. The number of rotatable bonds is 3. The Bertz CT molecular complexity index is 431. The van der Waals surface area contributed by atoms with Gasteiger partial charge in [0.1, 0.15) is 10.7 Å². The van der Waals surface area contributed by atoms with Crippen LogP contribution in [0, 0.1) is 0 Å². The van der Waals surface area contributed by atoms with E-state index in [2.05, 4.69) is 8.75 Å². The minimum atomic E-state index is -2.46. The van der Waals surface area contributed by atoms with Gasteiger partial charge in [-0.2, -0.15) is 17.5 Å². The molecule has 1 heterocycles. The Labute approximate surface area is 93.7 Å². The van der Waals surface area contributed by atoms with Gasteiger partial charge in [-0.25, -0.2) is 0 Å². The molecule has 15 heavy (non-hydrogen) atoms. The molecule has 78 valence electrons. The Morgan fingerprint density at radius 3 is 2.53 bits per heavy atom. The Morgan fingerprint density at radius 2 is 1.87 bits per heavy atom. The van der Waals surface area contributed by atoms with Gasteiger partial charge in [-0.05, 0) is 11.8 Å². The molecule has 0 spiro atoms. The van der Waals surface area contributed by atoms with Crippen LogP contribution in [-0.4, -0.2) is 14.5 Å². The Hall–Kier alpha value is -1.01. The zero-order valence-electron chi connectivity index (χ0n) is 7.43. The summed E-state index contributed by atoms with van der Waals surface area (Å²) in [5.41, 5.74) is 1.35. The van der Waals surface area contributed by atoms with Gasteiger partial charge in [-0.3, -0.25) is 0 Å². The van der Waals surface area contributed by atoms with Crippen molar-refractivity contribution in [1.82, 2.24) is 8.75 Å². The summed E-state index contributed by atoms with van der Waals surface area (Å²) in [7, 11) is 0. The van der Waals surface area contributed by atoms with Crippen LogP contribution < -0.4 is 0 Å². The molecule has 0 atom stereocenters. The highest BCUT2D eigenvalue weighted by molar-refractivity contribution is 7.99. The van der Waals surface area contributed by atoms with Crippen molar-refractivity contribution in [3.05, 3.63) is 30.3 Å². The molecule has 0 bridgehead atoms. The quantitative estimate of drug-likeness (QED) is 0.772. The molecule has 0 saturated heterocycles. The van der Waals surface area contributed by atoms with Gasteiger partial charge < -0.3 is 0 Å². The molecule has 0 fully saturated rings. The summed E-state index contributed by atoms with van der Waals surface area (Å²) in [5.74, 6) is -2.46. The molecular weight excluding hydrogens is 238 g/mol. The van der Waals surface area contributed by atoms with Gasteiger partial charge in [0, 0.05) is 5.56 Å². The van der Waals surface area contributed by atoms with Crippen molar-refractivity contribution in [3.63, 3.8) is 0 Å². The molecule has 2 nitrogen and oxygen atoms in total. The molecular formula is C9H6F2N2S2. The van der Waals surface area contributed by atoms with Crippen molar-refractivity contribution in [2.24, 2.45) is 0 Å². The van der Waals surface area contributed by atoms with E-state index in [1.54, 1.807) is 0 Å². The van der Waals surface area contributed by atoms with Gasteiger partial charge in [-0.1, -0.05) is 30.3 Å². The summed E-state index contributed by atoms with van der Waals surface area (Å²) in [5, 5.41) is 0.293. The van der Waals surface area contributed by atoms with Crippen molar-refractivity contribution in [2.45, 2.75) is 10.8 Å². The molecule has 0 amide bonds. The Balaban J connectivity index is 2.33. The first kappa shape index (κ1) is 10.5. The van der Waals surface area contributed by atoms with E-state index < -0.39 is 5.76 Å². The fraction of sp³-hybridized carbons (Fsp3) is 0.111. The average molecular weight is 244 g/mol. The maximum Gasteiger partial charge on any atom is 0.290 e. The predicted molar refractivity (Wildman–Crippen MR) is 57.2 cm³/mol. The van der Waals surface area contributed by atoms with Crippen LogP contribution in [0.4, 0.5) is 8.78 Å². The van der Waals surface area contributed by atoms with Crippen molar-refractivity contribution in [2.75, 3.05) is 0 Å². The number of alkyl halides is 2. The second kappa shape index (κ2) is 4.67. The van der Waals surface area contributed by atoms with Crippen molar-refractivity contribution in [1.29, 1.82) is 0 Å². The van der Waals surface area contributed by atoms with Crippen molar-refractivity contribution < 1.29 is 8.78 Å². The molecule has 2 aromatic rings. The summed E-state index contributed by atoms with van der Waals surface area (Å²) in [4.78, 5) is 0. The summed E-state index contributed by atoms with van der Waals surface area (Å²) < 4.78 is 32.2. The van der Waals surface area contributed by atoms with E-state index in [1.807, 2.05) is 30.3 Å². The summed E-state index contributed by atoms with van der Waals surface area (Å²) in [6, 6.07) is 9.19. The highest BCUT2D eigenvalue weighted by Gasteiger charge is 2.15. The van der Waals surface area contributed by atoms with Gasteiger partial charge in [0.25, 0.3) is 5.76 Å². The van der Waals surface area contributed by atoms with Gasteiger partial charge >= 0.3 is 0 Å². The van der Waals surface area contributed by atoms with Crippen molar-refractivity contribution >= 4 is 23.5 Å². The fourth-order valence-electron chi connectivity index (χ4n) is 1.11. The first-order chi connectivity index (χ1) is 7.27. The third-order valence-electron chi connectivity index (χ3n) is 1.71. The van der Waals surface area contributed by atoms with Crippen LogP contribution in [0.15, 0.2) is 35.4 Å². The van der Waals surface area contributed by atoms with Gasteiger partial charge in [0.05, 0.1) is 11.7 Å². The van der Waals surface area contributed by atoms with Crippen LogP contribution in [-0.2, 0) is 0 Å². The van der Waals surface area contributed by atoms with Crippen LogP contribution in [0.3, 0.4) is 0 Å². The summed E-state index contributed by atoms with van der Waals surface area (Å²) in [6.45, 7) is 0. The fourth-order valence-corrected chi connectivity index (χ4v) is 2.36. The van der Waals surface area contributed by atoms with Crippen molar-refractivity contribution in [3.8, 4) is 11.3 Å². The highest BCUT2D eigenvalue weighted by atomic mass is 32.2. The van der Waals surface area contributed by atoms with E-state index >= 15 is 0 Å². The van der Waals surface area contributed by atoms with E-state index in [1.165, 1.54) is 0 Å². The summed E-state index contributed by atoms with van der Waals surface area (Å²) in [6.07, 6.45) is 0. The number of hydrogen-bond acceptors (Lipinski definition) is 4. The highest BCUT2D eigenvalue weighted by Crippen LogP contribution is 2.32. The van der Waals surface area contributed by atoms with E-state index in [0.717, 1.165) is 17.3 Å². The maximum absolute atomic E-state index is 12.2. The number of aromatic nitrogens is 2. The zero-order valence-corrected chi connectivity index (χ0v) is 9.06. The third kappa shape index (κ3) is 2.51. The van der Waals surface area contributed by atoms with Gasteiger partial charge in [0.15, 0.2) is 0 Å². The minimum Gasteiger partial charge on any atom is -0.198 e. The molecule has 1 aromatic carbocycles. The number of nitrogens with zero attached hydrogens (tertiary/aromatic N) is 2. The first-order valence-electron chi connectivity index (χ1n) is 4.10. The smallest absolute Gasteiger partial charge is 0.198 e. The topological polar surface area (TPSA) is 25.8 Å². The second-order valence-electron chi connectivity index (χ2n) is 2.66.